The second-order valence-electron chi connectivity index (χ2n) is 4.28. The molecule has 0 aromatic heterocycles. The second kappa shape index (κ2) is 4.53. The number of rotatable bonds is 6. The molecule has 0 aromatic carbocycles. The minimum absolute atomic E-state index is 0.221. The van der Waals surface area contributed by atoms with E-state index in [2.05, 4.69) is 5.32 Å². The van der Waals surface area contributed by atoms with E-state index in [-0.39, 0.29) is 6.04 Å². The molecule has 4 heteroatoms. The van der Waals surface area contributed by atoms with Gasteiger partial charge in [-0.2, -0.15) is 11.8 Å². The molecule has 0 amide bonds. The smallest absolute Gasteiger partial charge is 0.325 e. The first kappa shape index (κ1) is 11.9. The highest BCUT2D eigenvalue weighted by Gasteiger charge is 2.50. The van der Waals surface area contributed by atoms with Gasteiger partial charge in [-0.05, 0) is 38.9 Å². The van der Waals surface area contributed by atoms with Crippen LogP contribution in [0.3, 0.4) is 0 Å². The first-order valence-electron chi connectivity index (χ1n) is 5.03. The van der Waals surface area contributed by atoms with Crippen LogP contribution in [0.15, 0.2) is 0 Å². The van der Waals surface area contributed by atoms with Crippen molar-refractivity contribution in [3.63, 3.8) is 0 Å². The predicted molar refractivity (Wildman–Crippen MR) is 59.7 cm³/mol. The molecule has 0 heterocycles. The monoisotopic (exact) mass is 217 g/mol. The molecule has 1 fully saturated rings. The summed E-state index contributed by atoms with van der Waals surface area (Å²) in [5.74, 6) is 0.295. The summed E-state index contributed by atoms with van der Waals surface area (Å²) in [6, 6.07) is 0.221. The molecule has 0 saturated heterocycles. The molecule has 3 nitrogen and oxygen atoms in total. The number of hydrogen-bond acceptors (Lipinski definition) is 3. The molecule has 1 atom stereocenters. The molecule has 1 saturated carbocycles. The fourth-order valence-electron chi connectivity index (χ4n) is 1.89. The van der Waals surface area contributed by atoms with Gasteiger partial charge in [0.1, 0.15) is 5.54 Å². The lowest BCUT2D eigenvalue weighted by atomic mass is 9.94. The second-order valence-corrected chi connectivity index (χ2v) is 5.15. The number of thioether (sulfide) groups is 1. The molecule has 14 heavy (non-hydrogen) atoms. The highest BCUT2D eigenvalue weighted by atomic mass is 32.2. The Morgan fingerprint density at radius 2 is 2.21 bits per heavy atom. The Labute approximate surface area is 89.6 Å². The van der Waals surface area contributed by atoms with Crippen LogP contribution in [-0.2, 0) is 4.79 Å². The fraction of sp³-hybridized carbons (Fsp3) is 0.900. The van der Waals surface area contributed by atoms with Gasteiger partial charge in [0.05, 0.1) is 0 Å². The molecule has 2 N–H and O–H groups in total. The van der Waals surface area contributed by atoms with Crippen LogP contribution in [0.2, 0.25) is 0 Å². The van der Waals surface area contributed by atoms with Crippen LogP contribution >= 0.6 is 11.8 Å². The standard InChI is InChI=1S/C10H19NO2S/c1-7(2)11-10(6-14-3,9(12)13)8-4-5-8/h7-8,11H,4-6H2,1-3H3,(H,12,13). The zero-order valence-corrected chi connectivity index (χ0v) is 9.86. The lowest BCUT2D eigenvalue weighted by molar-refractivity contribution is -0.145. The van der Waals surface area contributed by atoms with Gasteiger partial charge in [0, 0.05) is 11.8 Å². The van der Waals surface area contributed by atoms with Crippen molar-refractivity contribution in [2.45, 2.75) is 38.3 Å². The molecule has 0 aliphatic heterocycles. The number of nitrogens with one attached hydrogen (secondary N) is 1. The number of carbonyl (C=O) groups is 1. The molecule has 0 radical (unpaired) electrons. The normalized spacial score (nSPS) is 20.9. The molecule has 1 rings (SSSR count). The van der Waals surface area contributed by atoms with E-state index >= 15 is 0 Å². The van der Waals surface area contributed by atoms with E-state index in [9.17, 15) is 9.90 Å². The van der Waals surface area contributed by atoms with Crippen LogP contribution in [0.4, 0.5) is 0 Å². The van der Waals surface area contributed by atoms with E-state index < -0.39 is 11.5 Å². The third-order valence-electron chi connectivity index (χ3n) is 2.57. The average Bonchev–Trinajstić information content (AvgIpc) is 2.84. The number of carboxylic acid groups (broad SMARTS) is 1. The van der Waals surface area contributed by atoms with Crippen LogP contribution in [0.5, 0.6) is 0 Å². The van der Waals surface area contributed by atoms with Crippen molar-refractivity contribution >= 4 is 17.7 Å². The first-order valence-corrected chi connectivity index (χ1v) is 6.42. The Balaban J connectivity index is 2.77. The van der Waals surface area contributed by atoms with Gasteiger partial charge in [0.15, 0.2) is 0 Å². The number of carboxylic acids is 1. The summed E-state index contributed by atoms with van der Waals surface area (Å²) < 4.78 is 0. The van der Waals surface area contributed by atoms with Crippen molar-refractivity contribution in [3.05, 3.63) is 0 Å². The third-order valence-corrected chi connectivity index (χ3v) is 3.32. The van der Waals surface area contributed by atoms with Gasteiger partial charge in [-0.15, -0.1) is 0 Å². The maximum absolute atomic E-state index is 11.4. The summed E-state index contributed by atoms with van der Waals surface area (Å²) in [4.78, 5) is 11.4. The molecule has 82 valence electrons. The van der Waals surface area contributed by atoms with Gasteiger partial charge in [-0.3, -0.25) is 10.1 Å². The van der Waals surface area contributed by atoms with Gasteiger partial charge in [0.25, 0.3) is 0 Å². The predicted octanol–water partition coefficient (Wildman–Crippen LogP) is 1.58. The summed E-state index contributed by atoms with van der Waals surface area (Å²) in [5, 5.41) is 12.6. The van der Waals surface area contributed by atoms with Crippen LogP contribution in [-0.4, -0.2) is 34.7 Å². The van der Waals surface area contributed by atoms with Crippen molar-refractivity contribution in [1.82, 2.24) is 5.32 Å². The summed E-state index contributed by atoms with van der Waals surface area (Å²) in [6.45, 7) is 4.00. The van der Waals surface area contributed by atoms with Gasteiger partial charge >= 0.3 is 5.97 Å². The molecule has 1 aliphatic carbocycles. The molecule has 0 bridgehead atoms. The molecule has 0 aromatic rings. The summed E-state index contributed by atoms with van der Waals surface area (Å²) >= 11 is 1.60. The lowest BCUT2D eigenvalue weighted by Crippen LogP contribution is -2.58. The molecular formula is C10H19NO2S. The molecule has 0 spiro atoms. The van der Waals surface area contributed by atoms with Gasteiger partial charge in [0.2, 0.25) is 0 Å². The van der Waals surface area contributed by atoms with Gasteiger partial charge in [-0.25, -0.2) is 0 Å². The summed E-state index contributed by atoms with van der Waals surface area (Å²) in [7, 11) is 0. The van der Waals surface area contributed by atoms with E-state index in [0.717, 1.165) is 12.8 Å². The van der Waals surface area contributed by atoms with E-state index in [0.29, 0.717) is 11.7 Å². The average molecular weight is 217 g/mol. The Kier molecular flexibility index (Phi) is 3.84. The van der Waals surface area contributed by atoms with Crippen molar-refractivity contribution in [3.8, 4) is 0 Å². The minimum Gasteiger partial charge on any atom is -0.480 e. The highest BCUT2D eigenvalue weighted by Crippen LogP contribution is 2.41. The van der Waals surface area contributed by atoms with Gasteiger partial charge in [-0.1, -0.05) is 0 Å². The Morgan fingerprint density at radius 1 is 1.64 bits per heavy atom. The van der Waals surface area contributed by atoms with Gasteiger partial charge < -0.3 is 5.11 Å². The maximum atomic E-state index is 11.4. The van der Waals surface area contributed by atoms with Crippen LogP contribution in [0.1, 0.15) is 26.7 Å². The zero-order chi connectivity index (χ0) is 10.8. The number of hydrogen-bond donors (Lipinski definition) is 2. The van der Waals surface area contributed by atoms with E-state index in [1.165, 1.54) is 0 Å². The van der Waals surface area contributed by atoms with E-state index in [4.69, 9.17) is 0 Å². The SMILES string of the molecule is CSCC(NC(C)C)(C(=O)O)C1CC1. The van der Waals surface area contributed by atoms with Crippen LogP contribution in [0.25, 0.3) is 0 Å². The third kappa shape index (κ3) is 2.42. The van der Waals surface area contributed by atoms with Crippen LogP contribution in [0, 0.1) is 5.92 Å². The molecule has 1 aliphatic rings. The first-order chi connectivity index (χ1) is 6.53. The fourth-order valence-corrected chi connectivity index (χ4v) is 2.79. The zero-order valence-electron chi connectivity index (χ0n) is 9.04. The number of aliphatic carboxylic acids is 1. The largest absolute Gasteiger partial charge is 0.480 e. The highest BCUT2D eigenvalue weighted by molar-refractivity contribution is 7.98. The summed E-state index contributed by atoms with van der Waals surface area (Å²) in [5.41, 5.74) is -0.687. The van der Waals surface area contributed by atoms with Crippen molar-refractivity contribution in [2.75, 3.05) is 12.0 Å². The molecular weight excluding hydrogens is 198 g/mol. The minimum atomic E-state index is -0.692. The quantitative estimate of drug-likeness (QED) is 0.709. The van der Waals surface area contributed by atoms with Crippen molar-refractivity contribution in [2.24, 2.45) is 5.92 Å². The van der Waals surface area contributed by atoms with Crippen LogP contribution < -0.4 is 5.32 Å². The molecule has 1 unspecified atom stereocenters. The van der Waals surface area contributed by atoms with Crippen molar-refractivity contribution < 1.29 is 9.90 Å². The van der Waals surface area contributed by atoms with E-state index in [1.807, 2.05) is 20.1 Å². The van der Waals surface area contributed by atoms with Crippen molar-refractivity contribution in [1.29, 1.82) is 0 Å². The Bertz CT molecular complexity index is 216. The van der Waals surface area contributed by atoms with E-state index in [1.54, 1.807) is 11.8 Å². The summed E-state index contributed by atoms with van der Waals surface area (Å²) in [6.07, 6.45) is 4.06. The topological polar surface area (TPSA) is 49.3 Å². The Morgan fingerprint density at radius 3 is 2.50 bits per heavy atom. The lowest BCUT2D eigenvalue weighted by Gasteiger charge is -2.32. The Hall–Kier alpha value is -0.220. The maximum Gasteiger partial charge on any atom is 0.325 e.